The van der Waals surface area contributed by atoms with E-state index >= 15 is 0 Å². The van der Waals surface area contributed by atoms with E-state index in [0.29, 0.717) is 0 Å². The average molecular weight is 365 g/mol. The van der Waals surface area contributed by atoms with Gasteiger partial charge in [0, 0.05) is 30.3 Å². The van der Waals surface area contributed by atoms with Crippen molar-refractivity contribution in [1.82, 2.24) is 24.1 Å². The minimum Gasteiger partial charge on any atom is -0.497 e. The smallest absolute Gasteiger partial charge is 0.191 e. The molecule has 132 valence electrons. The molecule has 0 aliphatic rings. The van der Waals surface area contributed by atoms with Gasteiger partial charge in [0.1, 0.15) is 11.4 Å². The van der Waals surface area contributed by atoms with Crippen LogP contribution in [-0.2, 0) is 12.3 Å². The Balaban J connectivity index is 1.58. The maximum atomic E-state index is 5.32. The molecule has 6 nitrogen and oxygen atoms in total. The van der Waals surface area contributed by atoms with Gasteiger partial charge in [-0.3, -0.25) is 0 Å². The van der Waals surface area contributed by atoms with E-state index in [1.54, 1.807) is 18.9 Å². The number of aromatic nitrogens is 5. The van der Waals surface area contributed by atoms with Crippen LogP contribution in [0.1, 0.15) is 12.6 Å². The zero-order valence-electron chi connectivity index (χ0n) is 14.7. The summed E-state index contributed by atoms with van der Waals surface area (Å²) in [7, 11) is 1.67. The number of fused-ring (bicyclic) bond motifs is 1. The first-order valence-corrected chi connectivity index (χ1v) is 9.40. The van der Waals surface area contributed by atoms with Crippen molar-refractivity contribution in [3.8, 4) is 17.1 Å². The van der Waals surface area contributed by atoms with E-state index in [-0.39, 0.29) is 0 Å². The Labute approximate surface area is 155 Å². The molecule has 0 radical (unpaired) electrons. The Kier molecular flexibility index (Phi) is 4.62. The molecule has 0 aliphatic carbocycles. The van der Waals surface area contributed by atoms with Gasteiger partial charge in [-0.2, -0.15) is 0 Å². The maximum Gasteiger partial charge on any atom is 0.191 e. The predicted octanol–water partition coefficient (Wildman–Crippen LogP) is 3.91. The molecule has 0 bridgehead atoms. The molecule has 3 aromatic heterocycles. The summed E-state index contributed by atoms with van der Waals surface area (Å²) in [4.78, 5) is 4.64. The molecule has 0 atom stereocenters. The van der Waals surface area contributed by atoms with E-state index < -0.39 is 0 Å². The second-order valence-corrected chi connectivity index (χ2v) is 6.71. The van der Waals surface area contributed by atoms with Crippen molar-refractivity contribution in [2.75, 3.05) is 7.11 Å². The fourth-order valence-electron chi connectivity index (χ4n) is 2.85. The summed E-state index contributed by atoms with van der Waals surface area (Å²) >= 11 is 1.65. The molecule has 0 saturated carbocycles. The van der Waals surface area contributed by atoms with Crippen LogP contribution in [0.3, 0.4) is 0 Å². The lowest BCUT2D eigenvalue weighted by molar-refractivity contribution is 0.415. The molecule has 7 heteroatoms. The Morgan fingerprint density at radius 1 is 1.12 bits per heavy atom. The molecule has 3 heterocycles. The van der Waals surface area contributed by atoms with Gasteiger partial charge in [-0.1, -0.05) is 30.0 Å². The Morgan fingerprint density at radius 3 is 2.85 bits per heavy atom. The number of methoxy groups -OCH3 is 1. The summed E-state index contributed by atoms with van der Waals surface area (Å²) in [6, 6.07) is 13.9. The van der Waals surface area contributed by atoms with Gasteiger partial charge in [-0.25, -0.2) is 4.98 Å². The number of hydrogen-bond donors (Lipinski definition) is 0. The van der Waals surface area contributed by atoms with Crippen molar-refractivity contribution in [2.45, 2.75) is 24.4 Å². The van der Waals surface area contributed by atoms with Gasteiger partial charge >= 0.3 is 0 Å². The lowest BCUT2D eigenvalue weighted by Crippen LogP contribution is -2.00. The van der Waals surface area contributed by atoms with Crippen LogP contribution in [-0.4, -0.2) is 31.3 Å². The van der Waals surface area contributed by atoms with E-state index in [9.17, 15) is 0 Å². The van der Waals surface area contributed by atoms with E-state index in [1.165, 1.54) is 0 Å². The third-order valence-corrected chi connectivity index (χ3v) is 5.12. The van der Waals surface area contributed by atoms with Crippen LogP contribution in [0.25, 0.3) is 17.0 Å². The van der Waals surface area contributed by atoms with Crippen molar-refractivity contribution in [1.29, 1.82) is 0 Å². The van der Waals surface area contributed by atoms with Crippen LogP contribution in [0, 0.1) is 0 Å². The molecular weight excluding hydrogens is 346 g/mol. The number of imidazole rings is 1. The van der Waals surface area contributed by atoms with Crippen molar-refractivity contribution in [3.63, 3.8) is 0 Å². The molecule has 0 saturated heterocycles. The quantitative estimate of drug-likeness (QED) is 0.485. The first-order chi connectivity index (χ1) is 12.8. The third kappa shape index (κ3) is 3.17. The molecule has 0 aliphatic heterocycles. The molecule has 4 aromatic rings. The molecule has 0 spiro atoms. The van der Waals surface area contributed by atoms with Gasteiger partial charge in [0.25, 0.3) is 0 Å². The minimum absolute atomic E-state index is 0.748. The Bertz CT molecular complexity index is 1010. The molecule has 0 amide bonds. The highest BCUT2D eigenvalue weighted by atomic mass is 32.2. The highest BCUT2D eigenvalue weighted by Crippen LogP contribution is 2.28. The van der Waals surface area contributed by atoms with Crippen LogP contribution >= 0.6 is 11.8 Å². The van der Waals surface area contributed by atoms with Gasteiger partial charge < -0.3 is 13.7 Å². The van der Waals surface area contributed by atoms with E-state index in [4.69, 9.17) is 4.74 Å². The SMILES string of the molecule is CCn1c(SCc2cn3ccccc3n2)nnc1-c1cccc(OC)c1. The molecular formula is C19H19N5OS. The number of hydrogen-bond acceptors (Lipinski definition) is 5. The van der Waals surface area contributed by atoms with Gasteiger partial charge in [0.05, 0.1) is 12.8 Å². The Hall–Kier alpha value is -2.80. The van der Waals surface area contributed by atoms with Gasteiger partial charge in [-0.15, -0.1) is 10.2 Å². The minimum atomic E-state index is 0.748. The Morgan fingerprint density at radius 2 is 2.04 bits per heavy atom. The first kappa shape index (κ1) is 16.7. The second kappa shape index (κ2) is 7.21. The van der Waals surface area contributed by atoms with Gasteiger partial charge in [-0.05, 0) is 31.2 Å². The fourth-order valence-corrected chi connectivity index (χ4v) is 3.74. The van der Waals surface area contributed by atoms with Crippen molar-refractivity contribution < 1.29 is 4.74 Å². The monoisotopic (exact) mass is 365 g/mol. The average Bonchev–Trinajstić information content (AvgIpc) is 3.29. The van der Waals surface area contributed by atoms with Crippen LogP contribution < -0.4 is 4.74 Å². The van der Waals surface area contributed by atoms with Crippen LogP contribution in [0.2, 0.25) is 0 Å². The predicted molar refractivity (Wildman–Crippen MR) is 102 cm³/mol. The highest BCUT2D eigenvalue weighted by Gasteiger charge is 2.14. The number of nitrogens with zero attached hydrogens (tertiary/aromatic N) is 5. The fraction of sp³-hybridized carbons (Fsp3) is 0.211. The molecule has 26 heavy (non-hydrogen) atoms. The topological polar surface area (TPSA) is 57.2 Å². The van der Waals surface area contributed by atoms with Crippen LogP contribution in [0.4, 0.5) is 0 Å². The lowest BCUT2D eigenvalue weighted by atomic mass is 10.2. The van der Waals surface area contributed by atoms with Crippen molar-refractivity contribution >= 4 is 17.4 Å². The van der Waals surface area contributed by atoms with E-state index in [0.717, 1.165) is 45.9 Å². The lowest BCUT2D eigenvalue weighted by Gasteiger charge is -2.08. The zero-order valence-corrected chi connectivity index (χ0v) is 15.5. The molecule has 0 unspecified atom stereocenters. The van der Waals surface area contributed by atoms with Gasteiger partial charge in [0.15, 0.2) is 11.0 Å². The zero-order chi connectivity index (χ0) is 17.9. The normalized spacial score (nSPS) is 11.2. The number of benzene rings is 1. The van der Waals surface area contributed by atoms with E-state index in [1.807, 2.05) is 53.1 Å². The van der Waals surface area contributed by atoms with Crippen LogP contribution in [0.15, 0.2) is 60.0 Å². The largest absolute Gasteiger partial charge is 0.497 e. The van der Waals surface area contributed by atoms with Crippen molar-refractivity contribution in [2.24, 2.45) is 0 Å². The summed E-state index contributed by atoms with van der Waals surface area (Å²) in [6.07, 6.45) is 4.06. The maximum absolute atomic E-state index is 5.32. The highest BCUT2D eigenvalue weighted by molar-refractivity contribution is 7.98. The molecule has 1 aromatic carbocycles. The first-order valence-electron chi connectivity index (χ1n) is 8.41. The standard InChI is InChI=1S/C19H19N5OS/c1-3-24-18(14-7-6-8-16(11-14)25-2)21-22-19(24)26-13-15-12-23-10-5-4-9-17(23)20-15/h4-12H,3,13H2,1-2H3. The van der Waals surface area contributed by atoms with E-state index in [2.05, 4.69) is 32.9 Å². The summed E-state index contributed by atoms with van der Waals surface area (Å²) in [6.45, 7) is 2.90. The summed E-state index contributed by atoms with van der Waals surface area (Å²) in [5.41, 5.74) is 2.98. The second-order valence-electron chi connectivity index (χ2n) is 5.77. The molecule has 0 fully saturated rings. The summed E-state index contributed by atoms with van der Waals surface area (Å²) < 4.78 is 9.47. The van der Waals surface area contributed by atoms with Gasteiger partial charge in [0.2, 0.25) is 0 Å². The van der Waals surface area contributed by atoms with Crippen LogP contribution in [0.5, 0.6) is 5.75 Å². The van der Waals surface area contributed by atoms with Crippen molar-refractivity contribution in [3.05, 3.63) is 60.6 Å². The number of pyridine rings is 1. The third-order valence-electron chi connectivity index (χ3n) is 4.12. The summed E-state index contributed by atoms with van der Waals surface area (Å²) in [5.74, 6) is 2.41. The molecule has 0 N–H and O–H groups in total. The number of ether oxygens (including phenoxy) is 1. The molecule has 4 rings (SSSR count). The number of rotatable bonds is 6. The number of thioether (sulfide) groups is 1. The summed E-state index contributed by atoms with van der Waals surface area (Å²) in [5, 5.41) is 9.68.